The van der Waals surface area contributed by atoms with Crippen LogP contribution in [0.3, 0.4) is 0 Å². The number of benzene rings is 1. The summed E-state index contributed by atoms with van der Waals surface area (Å²) >= 11 is 0. The van der Waals surface area contributed by atoms with Gasteiger partial charge in [0.25, 0.3) is 0 Å². The lowest BCUT2D eigenvalue weighted by Crippen LogP contribution is -2.33. The van der Waals surface area contributed by atoms with Crippen molar-refractivity contribution in [2.45, 2.75) is 37.8 Å². The number of nitrogens with one attached hydrogen (secondary N) is 1. The van der Waals surface area contributed by atoms with Gasteiger partial charge < -0.3 is 10.5 Å². The van der Waals surface area contributed by atoms with Gasteiger partial charge in [-0.2, -0.15) is 10.4 Å². The molecule has 5 heteroatoms. The molecule has 2 atom stereocenters. The van der Waals surface area contributed by atoms with Crippen LogP contribution in [0.15, 0.2) is 18.3 Å². The maximum Gasteiger partial charge on any atom is 0.138 e. The Morgan fingerprint density at radius 1 is 1.42 bits per heavy atom. The van der Waals surface area contributed by atoms with Gasteiger partial charge in [-0.25, -0.2) is 0 Å². The molecule has 0 amide bonds. The number of nitrogens with two attached hydrogens (primary N) is 1. The number of nitrogens with zero attached hydrogens (tertiary/aromatic N) is 2. The number of aromatic nitrogens is 2. The Morgan fingerprint density at radius 3 is 3.11 bits per heavy atom. The minimum Gasteiger partial charge on any atom is -0.489 e. The molecule has 0 spiro atoms. The third-order valence-electron chi connectivity index (χ3n) is 3.66. The number of H-pyrrole nitrogens is 1. The fourth-order valence-electron chi connectivity index (χ4n) is 2.68. The Bertz CT molecular complexity index is 628. The third kappa shape index (κ3) is 2.27. The second kappa shape index (κ2) is 4.90. The Hall–Kier alpha value is -2.06. The van der Waals surface area contributed by atoms with E-state index in [0.717, 1.165) is 36.6 Å². The zero-order valence-corrected chi connectivity index (χ0v) is 10.6. The lowest BCUT2D eigenvalue weighted by molar-refractivity contribution is 0.144. The summed E-state index contributed by atoms with van der Waals surface area (Å²) in [5.41, 5.74) is 7.36. The van der Waals surface area contributed by atoms with Crippen molar-refractivity contribution in [3.05, 3.63) is 23.9 Å². The number of rotatable bonds is 2. The molecule has 0 saturated heterocycles. The van der Waals surface area contributed by atoms with Crippen LogP contribution in [-0.4, -0.2) is 22.3 Å². The summed E-state index contributed by atoms with van der Waals surface area (Å²) in [5, 5.41) is 16.9. The van der Waals surface area contributed by atoms with Gasteiger partial charge in [-0.1, -0.05) is 0 Å². The first-order valence-electron chi connectivity index (χ1n) is 6.56. The number of aromatic amines is 1. The van der Waals surface area contributed by atoms with Crippen LogP contribution in [-0.2, 0) is 0 Å². The fraction of sp³-hybridized carbons (Fsp3) is 0.429. The zero-order valence-electron chi connectivity index (χ0n) is 10.6. The summed E-state index contributed by atoms with van der Waals surface area (Å²) in [6.45, 7) is 0. The van der Waals surface area contributed by atoms with E-state index in [4.69, 9.17) is 10.5 Å². The van der Waals surface area contributed by atoms with Gasteiger partial charge >= 0.3 is 0 Å². The highest BCUT2D eigenvalue weighted by Crippen LogP contribution is 2.29. The molecule has 1 aliphatic rings. The molecule has 3 rings (SSSR count). The Morgan fingerprint density at radius 2 is 2.32 bits per heavy atom. The molecule has 2 aromatic rings. The van der Waals surface area contributed by atoms with Crippen molar-refractivity contribution >= 4 is 10.9 Å². The maximum absolute atomic E-state index is 9.32. The molecule has 1 saturated carbocycles. The van der Waals surface area contributed by atoms with Crippen molar-refractivity contribution in [1.82, 2.24) is 10.2 Å². The van der Waals surface area contributed by atoms with Crippen LogP contribution in [0.4, 0.5) is 0 Å². The van der Waals surface area contributed by atoms with Crippen LogP contribution < -0.4 is 10.5 Å². The number of nitriles is 1. The monoisotopic (exact) mass is 256 g/mol. The van der Waals surface area contributed by atoms with Gasteiger partial charge in [-0.15, -0.1) is 0 Å². The average molecular weight is 256 g/mol. The number of hydrogen-bond donors (Lipinski definition) is 2. The summed E-state index contributed by atoms with van der Waals surface area (Å²) < 4.78 is 5.98. The molecule has 19 heavy (non-hydrogen) atoms. The van der Waals surface area contributed by atoms with E-state index in [1.54, 1.807) is 6.20 Å². The van der Waals surface area contributed by atoms with Gasteiger partial charge in [0.15, 0.2) is 0 Å². The molecule has 0 aliphatic heterocycles. The quantitative estimate of drug-likeness (QED) is 0.861. The van der Waals surface area contributed by atoms with E-state index in [1.165, 1.54) is 0 Å². The van der Waals surface area contributed by atoms with Crippen LogP contribution in [0.5, 0.6) is 5.75 Å². The zero-order chi connectivity index (χ0) is 13.2. The summed E-state index contributed by atoms with van der Waals surface area (Å²) in [4.78, 5) is 0. The van der Waals surface area contributed by atoms with Crippen LogP contribution in [0.2, 0.25) is 0 Å². The van der Waals surface area contributed by atoms with E-state index in [1.807, 2.05) is 12.1 Å². The first kappa shape index (κ1) is 12.0. The molecular formula is C14H16N4O. The topological polar surface area (TPSA) is 87.7 Å². The van der Waals surface area contributed by atoms with Crippen molar-refractivity contribution in [2.75, 3.05) is 0 Å². The first-order valence-corrected chi connectivity index (χ1v) is 6.56. The van der Waals surface area contributed by atoms with Gasteiger partial charge in [0, 0.05) is 11.4 Å². The minimum absolute atomic E-state index is 0.111. The average Bonchev–Trinajstić information content (AvgIpc) is 2.87. The second-order valence-electron chi connectivity index (χ2n) is 5.05. The van der Waals surface area contributed by atoms with Crippen molar-refractivity contribution in [2.24, 2.45) is 5.73 Å². The molecule has 98 valence electrons. The van der Waals surface area contributed by atoms with E-state index in [2.05, 4.69) is 16.3 Å². The summed E-state index contributed by atoms with van der Waals surface area (Å²) in [7, 11) is 0. The van der Waals surface area contributed by atoms with Gasteiger partial charge in [-0.3, -0.25) is 5.10 Å². The third-order valence-corrected chi connectivity index (χ3v) is 3.66. The molecule has 1 aromatic carbocycles. The molecule has 0 radical (unpaired) electrons. The molecule has 1 aromatic heterocycles. The van der Waals surface area contributed by atoms with E-state index in [0.29, 0.717) is 11.3 Å². The SMILES string of the molecule is N#Cc1c(O[C@@H]2CCC[C@H](N)C2)ccc2[nH]ncc12. The molecule has 5 nitrogen and oxygen atoms in total. The lowest BCUT2D eigenvalue weighted by atomic mass is 9.93. The van der Waals surface area contributed by atoms with E-state index < -0.39 is 0 Å². The highest BCUT2D eigenvalue weighted by Gasteiger charge is 2.22. The van der Waals surface area contributed by atoms with Crippen molar-refractivity contribution in [3.63, 3.8) is 0 Å². The van der Waals surface area contributed by atoms with Gasteiger partial charge in [0.05, 0.1) is 11.7 Å². The molecular weight excluding hydrogens is 240 g/mol. The molecule has 0 unspecified atom stereocenters. The normalized spacial score (nSPS) is 23.2. The lowest BCUT2D eigenvalue weighted by Gasteiger charge is -2.27. The van der Waals surface area contributed by atoms with Crippen molar-refractivity contribution < 1.29 is 4.74 Å². The van der Waals surface area contributed by atoms with Crippen LogP contribution in [0.25, 0.3) is 10.9 Å². The first-order chi connectivity index (χ1) is 9.28. The van der Waals surface area contributed by atoms with Crippen LogP contribution in [0, 0.1) is 11.3 Å². The fourth-order valence-corrected chi connectivity index (χ4v) is 2.68. The summed E-state index contributed by atoms with van der Waals surface area (Å²) in [5.74, 6) is 0.635. The number of ether oxygens (including phenoxy) is 1. The number of fused-ring (bicyclic) bond motifs is 1. The van der Waals surface area contributed by atoms with E-state index in [-0.39, 0.29) is 12.1 Å². The van der Waals surface area contributed by atoms with Crippen molar-refractivity contribution in [3.8, 4) is 11.8 Å². The largest absolute Gasteiger partial charge is 0.489 e. The predicted molar refractivity (Wildman–Crippen MR) is 71.7 cm³/mol. The van der Waals surface area contributed by atoms with E-state index >= 15 is 0 Å². The predicted octanol–water partition coefficient (Wildman–Crippen LogP) is 2.08. The highest BCUT2D eigenvalue weighted by molar-refractivity contribution is 5.86. The molecule has 0 bridgehead atoms. The van der Waals surface area contributed by atoms with Gasteiger partial charge in [0.2, 0.25) is 0 Å². The summed E-state index contributed by atoms with van der Waals surface area (Å²) in [6, 6.07) is 6.14. The van der Waals surface area contributed by atoms with Gasteiger partial charge in [-0.05, 0) is 37.8 Å². The van der Waals surface area contributed by atoms with E-state index in [9.17, 15) is 5.26 Å². The van der Waals surface area contributed by atoms with Crippen LogP contribution >= 0.6 is 0 Å². The molecule has 1 aliphatic carbocycles. The Labute approximate surface area is 111 Å². The Balaban J connectivity index is 1.90. The second-order valence-corrected chi connectivity index (χ2v) is 5.05. The Kier molecular flexibility index (Phi) is 3.10. The molecule has 1 heterocycles. The standard InChI is InChI=1S/C14H16N4O/c15-7-11-12-8-17-18-13(12)4-5-14(11)19-10-3-1-2-9(16)6-10/h4-5,8-10H,1-3,6,16H2,(H,17,18)/t9-,10+/m0/s1. The maximum atomic E-state index is 9.32. The summed E-state index contributed by atoms with van der Waals surface area (Å²) in [6.07, 6.45) is 5.78. The highest BCUT2D eigenvalue weighted by atomic mass is 16.5. The molecule has 1 fully saturated rings. The minimum atomic E-state index is 0.111. The van der Waals surface area contributed by atoms with Gasteiger partial charge in [0.1, 0.15) is 23.5 Å². The smallest absolute Gasteiger partial charge is 0.138 e. The number of hydrogen-bond acceptors (Lipinski definition) is 4. The molecule has 3 N–H and O–H groups in total. The van der Waals surface area contributed by atoms with Crippen molar-refractivity contribution in [1.29, 1.82) is 5.26 Å². The van der Waals surface area contributed by atoms with Crippen LogP contribution in [0.1, 0.15) is 31.2 Å².